The first kappa shape index (κ1) is 36.1. The molecular formula is C58H42N4. The topological polar surface area (TPSA) is 35.6 Å². The smallest absolute Gasteiger partial charge is 0.114 e. The summed E-state index contributed by atoms with van der Waals surface area (Å²) in [5.41, 5.74) is 21.2. The van der Waals surface area contributed by atoms with E-state index in [1.807, 2.05) is 0 Å². The second kappa shape index (κ2) is 14.4. The molecule has 0 saturated carbocycles. The van der Waals surface area contributed by atoms with Gasteiger partial charge in [0.05, 0.1) is 22.1 Å². The summed E-state index contributed by atoms with van der Waals surface area (Å²) in [5, 5.41) is 2.57. The van der Waals surface area contributed by atoms with Gasteiger partial charge in [-0.15, -0.1) is 0 Å². The monoisotopic (exact) mass is 794 g/mol. The number of hydrogen-bond donors (Lipinski definition) is 0. The number of aromatic nitrogens is 4. The molecule has 1 aliphatic carbocycles. The lowest BCUT2D eigenvalue weighted by Gasteiger charge is -2.26. The summed E-state index contributed by atoms with van der Waals surface area (Å²) >= 11 is 0. The summed E-state index contributed by atoms with van der Waals surface area (Å²) in [5.74, 6) is 2.10. The van der Waals surface area contributed by atoms with E-state index in [1.54, 1.807) is 0 Å². The van der Waals surface area contributed by atoms with Crippen LogP contribution in [0.1, 0.15) is 25.5 Å². The minimum Gasteiger partial charge on any atom is -0.296 e. The number of rotatable bonds is 8. The summed E-state index contributed by atoms with van der Waals surface area (Å²) in [6, 6.07) is 71.1. The van der Waals surface area contributed by atoms with Crippen LogP contribution in [0.5, 0.6) is 0 Å². The zero-order valence-corrected chi connectivity index (χ0v) is 34.7. The average molecular weight is 795 g/mol. The first-order chi connectivity index (χ1) is 30.7. The molecule has 0 unspecified atom stereocenters. The van der Waals surface area contributed by atoms with Gasteiger partial charge in [0, 0.05) is 24.2 Å². The zero-order valence-electron chi connectivity index (χ0n) is 34.7. The number of imidazole rings is 2. The van der Waals surface area contributed by atoms with Crippen LogP contribution >= 0.6 is 0 Å². The Morgan fingerprint density at radius 3 is 1.13 bits per heavy atom. The van der Waals surface area contributed by atoms with E-state index in [9.17, 15) is 0 Å². The highest BCUT2D eigenvalue weighted by Crippen LogP contribution is 2.60. The second-order valence-electron chi connectivity index (χ2n) is 16.2. The fourth-order valence-electron chi connectivity index (χ4n) is 10.2. The molecule has 0 N–H and O–H groups in total. The number of aryl methyl sites for hydroxylation is 2. The summed E-state index contributed by atoms with van der Waals surface area (Å²) in [6.07, 6.45) is 1.67. The third-order valence-corrected chi connectivity index (χ3v) is 12.8. The lowest BCUT2D eigenvalue weighted by molar-refractivity contribution is 0.908. The zero-order chi connectivity index (χ0) is 41.3. The third kappa shape index (κ3) is 5.46. The van der Waals surface area contributed by atoms with Gasteiger partial charge in [-0.3, -0.25) is 9.13 Å². The fourth-order valence-corrected chi connectivity index (χ4v) is 10.2. The van der Waals surface area contributed by atoms with Crippen molar-refractivity contribution in [2.24, 2.45) is 0 Å². The van der Waals surface area contributed by atoms with Gasteiger partial charge in [-0.05, 0) is 126 Å². The molecule has 0 atom stereocenters. The number of hydrogen-bond acceptors (Lipinski definition) is 2. The summed E-state index contributed by atoms with van der Waals surface area (Å²) in [6.45, 7) is 4.37. The van der Waals surface area contributed by atoms with E-state index in [1.165, 1.54) is 66.4 Å². The predicted molar refractivity (Wildman–Crippen MR) is 258 cm³/mol. The van der Waals surface area contributed by atoms with E-state index in [0.29, 0.717) is 0 Å². The van der Waals surface area contributed by atoms with Gasteiger partial charge in [0.2, 0.25) is 0 Å². The molecular weight excluding hydrogens is 753 g/mol. The first-order valence-corrected chi connectivity index (χ1v) is 21.7. The fraction of sp³-hybridized carbons (Fsp3) is 0.0690. The van der Waals surface area contributed by atoms with Crippen molar-refractivity contribution in [2.75, 3.05) is 0 Å². The van der Waals surface area contributed by atoms with Crippen molar-refractivity contribution in [2.45, 2.75) is 26.7 Å². The molecule has 2 aromatic heterocycles. The molecule has 0 radical (unpaired) electrons. The predicted octanol–water partition coefficient (Wildman–Crippen LogP) is 15.0. The summed E-state index contributed by atoms with van der Waals surface area (Å²) in [4.78, 5) is 10.1. The highest BCUT2D eigenvalue weighted by atomic mass is 15.1. The minimum atomic E-state index is 0.834. The molecule has 0 aliphatic heterocycles. The van der Waals surface area contributed by atoms with Crippen molar-refractivity contribution >= 4 is 32.8 Å². The number of benzene rings is 9. The standard InChI is InChI=1S/C58H42N4/c1-3-50-59-46-25-11-13-27-48(46)61(50)42-33-29-40(30-34-42)53-54(41-31-35-43(36-32-41)62-49-28-14-12-26-47(49)60-51(62)4-2)56(39-19-9-6-10-20-39)58-45-24-16-22-37-21-15-23-44(52(37)45)57(58)55(53)38-17-7-5-8-18-38/h5-36H,3-4H2,1-2H3. The minimum absolute atomic E-state index is 0.834. The molecule has 0 spiro atoms. The SMILES string of the molecule is CCc1nc2ccccc2n1-c1ccc(-c2c(-c3ccc(-n4c(CC)nc5ccccc54)cc3)c(-c3ccccc3)c3c(c2-c2ccccc2)-c2cccc4cccc-3c24)cc1. The van der Waals surface area contributed by atoms with Crippen LogP contribution in [0, 0.1) is 0 Å². The van der Waals surface area contributed by atoms with Gasteiger partial charge in [-0.25, -0.2) is 9.97 Å². The van der Waals surface area contributed by atoms with Gasteiger partial charge < -0.3 is 0 Å². The van der Waals surface area contributed by atoms with Crippen molar-refractivity contribution in [1.82, 2.24) is 19.1 Å². The second-order valence-corrected chi connectivity index (χ2v) is 16.2. The molecule has 62 heavy (non-hydrogen) atoms. The Morgan fingerprint density at radius 1 is 0.339 bits per heavy atom. The van der Waals surface area contributed by atoms with Crippen LogP contribution in [0.2, 0.25) is 0 Å². The normalized spacial score (nSPS) is 11.8. The van der Waals surface area contributed by atoms with E-state index in [-0.39, 0.29) is 0 Å². The van der Waals surface area contributed by atoms with Crippen molar-refractivity contribution in [3.05, 3.63) is 206 Å². The van der Waals surface area contributed by atoms with Gasteiger partial charge in [0.15, 0.2) is 0 Å². The van der Waals surface area contributed by atoms with Crippen molar-refractivity contribution in [3.8, 4) is 78.1 Å². The van der Waals surface area contributed by atoms with Crippen LogP contribution in [0.15, 0.2) is 194 Å². The maximum Gasteiger partial charge on any atom is 0.114 e. The van der Waals surface area contributed by atoms with Crippen molar-refractivity contribution < 1.29 is 0 Å². The number of nitrogens with zero attached hydrogens (tertiary/aromatic N) is 4. The molecule has 0 fully saturated rings. The Balaban J connectivity index is 1.20. The highest BCUT2D eigenvalue weighted by Gasteiger charge is 2.34. The van der Waals surface area contributed by atoms with Gasteiger partial charge in [0.25, 0.3) is 0 Å². The van der Waals surface area contributed by atoms with Crippen LogP contribution in [-0.4, -0.2) is 19.1 Å². The van der Waals surface area contributed by atoms with Crippen molar-refractivity contribution in [1.29, 1.82) is 0 Å². The summed E-state index contributed by atoms with van der Waals surface area (Å²) in [7, 11) is 0. The van der Waals surface area contributed by atoms with E-state index in [0.717, 1.165) is 69.1 Å². The average Bonchev–Trinajstić information content (AvgIpc) is 4.02. The Hall–Kier alpha value is -7.82. The van der Waals surface area contributed by atoms with Crippen LogP contribution in [0.3, 0.4) is 0 Å². The Labute approximate surface area is 361 Å². The third-order valence-electron chi connectivity index (χ3n) is 12.8. The molecule has 0 amide bonds. The number of para-hydroxylation sites is 4. The molecule has 1 aliphatic rings. The largest absolute Gasteiger partial charge is 0.296 e. The van der Waals surface area contributed by atoms with Gasteiger partial charge >= 0.3 is 0 Å². The Kier molecular flexibility index (Phi) is 8.39. The molecule has 4 heteroatoms. The molecule has 294 valence electrons. The van der Waals surface area contributed by atoms with Gasteiger partial charge in [-0.2, -0.15) is 0 Å². The quantitative estimate of drug-likeness (QED) is 0.154. The van der Waals surface area contributed by atoms with Crippen LogP contribution in [0.25, 0.3) is 111 Å². The van der Waals surface area contributed by atoms with E-state index >= 15 is 0 Å². The maximum atomic E-state index is 5.03. The van der Waals surface area contributed by atoms with Crippen LogP contribution in [-0.2, 0) is 12.8 Å². The maximum absolute atomic E-state index is 5.03. The number of fused-ring (bicyclic) bond motifs is 5. The molecule has 0 bridgehead atoms. The molecule has 11 aromatic rings. The van der Waals surface area contributed by atoms with Gasteiger partial charge in [0.1, 0.15) is 11.6 Å². The molecule has 4 nitrogen and oxygen atoms in total. The van der Waals surface area contributed by atoms with E-state index in [2.05, 4.69) is 217 Å². The lowest BCUT2D eigenvalue weighted by Crippen LogP contribution is -2.02. The highest BCUT2D eigenvalue weighted by molar-refractivity contribution is 6.25. The first-order valence-electron chi connectivity index (χ1n) is 21.7. The Bertz CT molecular complexity index is 3270. The summed E-state index contributed by atoms with van der Waals surface area (Å²) < 4.78 is 4.63. The lowest BCUT2D eigenvalue weighted by atomic mass is 9.76. The molecule has 12 rings (SSSR count). The van der Waals surface area contributed by atoms with E-state index < -0.39 is 0 Å². The molecule has 0 saturated heterocycles. The molecule has 9 aromatic carbocycles. The van der Waals surface area contributed by atoms with E-state index in [4.69, 9.17) is 9.97 Å². The van der Waals surface area contributed by atoms with Gasteiger partial charge in [-0.1, -0.05) is 159 Å². The molecule has 2 heterocycles. The van der Waals surface area contributed by atoms with Crippen LogP contribution < -0.4 is 0 Å². The van der Waals surface area contributed by atoms with Crippen molar-refractivity contribution in [3.63, 3.8) is 0 Å². The van der Waals surface area contributed by atoms with Crippen LogP contribution in [0.4, 0.5) is 0 Å². The Morgan fingerprint density at radius 2 is 0.710 bits per heavy atom.